The van der Waals surface area contributed by atoms with Gasteiger partial charge in [-0.25, -0.2) is 0 Å². The van der Waals surface area contributed by atoms with Crippen LogP contribution in [0.15, 0.2) is 71.6 Å². The molecule has 1 aliphatic heterocycles. The van der Waals surface area contributed by atoms with Crippen LogP contribution in [-0.2, 0) is 22.6 Å². The fraction of sp³-hybridized carbons (Fsp3) is 0.286. The van der Waals surface area contributed by atoms with E-state index in [9.17, 15) is 9.59 Å². The molecule has 3 aromatic carbocycles. The quantitative estimate of drug-likeness (QED) is 0.442. The molecule has 2 unspecified atom stereocenters. The number of benzene rings is 3. The minimum absolute atomic E-state index is 0.0232. The van der Waals surface area contributed by atoms with Gasteiger partial charge in [0.2, 0.25) is 11.8 Å². The van der Waals surface area contributed by atoms with Crippen molar-refractivity contribution in [3.63, 3.8) is 0 Å². The lowest BCUT2D eigenvalue weighted by Gasteiger charge is -2.36. The first-order valence-electron chi connectivity index (χ1n) is 11.5. The first-order chi connectivity index (χ1) is 16.3. The highest BCUT2D eigenvalue weighted by atomic mass is 35.5. The van der Waals surface area contributed by atoms with Crippen LogP contribution in [0, 0.1) is 19.8 Å². The van der Waals surface area contributed by atoms with Gasteiger partial charge in [0.05, 0.1) is 18.2 Å². The first-order valence-corrected chi connectivity index (χ1v) is 12.7. The fourth-order valence-electron chi connectivity index (χ4n) is 4.14. The summed E-state index contributed by atoms with van der Waals surface area (Å²) in [6, 6.07) is 21.9. The van der Waals surface area contributed by atoms with E-state index in [4.69, 9.17) is 11.6 Å². The third kappa shape index (κ3) is 5.48. The number of thioether (sulfide) groups is 1. The standard InChI is InChI=1S/C28H29ClN2O2S/c1-18-8-9-19(2)22(16-18)17-31-24-6-4-5-7-25(24)34-26(28(31)33)20(3)27(32)30-15-14-21-10-12-23(29)13-11-21/h4-13,16,20,26H,14-15,17H2,1-3H3,(H,30,32). The number of amides is 2. The third-order valence-electron chi connectivity index (χ3n) is 6.25. The van der Waals surface area contributed by atoms with Crippen LogP contribution in [0.1, 0.15) is 29.2 Å². The van der Waals surface area contributed by atoms with Crippen LogP contribution in [0.2, 0.25) is 5.02 Å². The maximum Gasteiger partial charge on any atom is 0.241 e. The zero-order valence-corrected chi connectivity index (χ0v) is 21.2. The summed E-state index contributed by atoms with van der Waals surface area (Å²) in [6.45, 7) is 6.98. The lowest BCUT2D eigenvalue weighted by Crippen LogP contribution is -2.47. The number of nitrogens with one attached hydrogen (secondary N) is 1. The normalized spacial score (nSPS) is 16.2. The predicted molar refractivity (Wildman–Crippen MR) is 141 cm³/mol. The molecular formula is C28H29ClN2O2S. The lowest BCUT2D eigenvalue weighted by molar-refractivity contribution is -0.128. The first kappa shape index (κ1) is 24.4. The average molecular weight is 493 g/mol. The Morgan fingerprint density at radius 1 is 1.09 bits per heavy atom. The molecule has 2 atom stereocenters. The van der Waals surface area contributed by atoms with Crippen molar-refractivity contribution in [1.82, 2.24) is 5.32 Å². The van der Waals surface area contributed by atoms with Gasteiger partial charge in [0, 0.05) is 16.5 Å². The zero-order valence-electron chi connectivity index (χ0n) is 19.7. The smallest absolute Gasteiger partial charge is 0.241 e. The van der Waals surface area contributed by atoms with Gasteiger partial charge in [-0.15, -0.1) is 11.8 Å². The van der Waals surface area contributed by atoms with Crippen molar-refractivity contribution in [1.29, 1.82) is 0 Å². The molecule has 0 fully saturated rings. The minimum Gasteiger partial charge on any atom is -0.355 e. The monoisotopic (exact) mass is 492 g/mol. The van der Waals surface area contributed by atoms with Gasteiger partial charge < -0.3 is 10.2 Å². The molecule has 2 amide bonds. The summed E-state index contributed by atoms with van der Waals surface area (Å²) < 4.78 is 0. The molecule has 1 aliphatic rings. The number of halogens is 1. The summed E-state index contributed by atoms with van der Waals surface area (Å²) in [5, 5.41) is 3.23. The molecular weight excluding hydrogens is 464 g/mol. The van der Waals surface area contributed by atoms with Crippen molar-refractivity contribution in [2.75, 3.05) is 11.4 Å². The average Bonchev–Trinajstić information content (AvgIpc) is 2.83. The molecule has 0 radical (unpaired) electrons. The molecule has 0 aromatic heterocycles. The second-order valence-electron chi connectivity index (χ2n) is 8.82. The molecule has 176 valence electrons. The van der Waals surface area contributed by atoms with Crippen LogP contribution < -0.4 is 10.2 Å². The molecule has 0 aliphatic carbocycles. The third-order valence-corrected chi connectivity index (χ3v) is 7.96. The zero-order chi connectivity index (χ0) is 24.2. The van der Waals surface area contributed by atoms with Gasteiger partial charge in [0.15, 0.2) is 0 Å². The summed E-state index contributed by atoms with van der Waals surface area (Å²) in [5.41, 5.74) is 5.45. The number of para-hydroxylation sites is 1. The second kappa shape index (κ2) is 10.7. The number of hydrogen-bond donors (Lipinski definition) is 1. The maximum absolute atomic E-state index is 13.7. The summed E-state index contributed by atoms with van der Waals surface area (Å²) in [6.07, 6.45) is 0.711. The van der Waals surface area contributed by atoms with Gasteiger partial charge in [-0.2, -0.15) is 0 Å². The fourth-order valence-corrected chi connectivity index (χ4v) is 5.55. The summed E-state index contributed by atoms with van der Waals surface area (Å²) >= 11 is 7.43. The van der Waals surface area contributed by atoms with Gasteiger partial charge in [0.25, 0.3) is 0 Å². The molecule has 0 spiro atoms. The van der Waals surface area contributed by atoms with E-state index in [1.54, 1.807) is 0 Å². The molecule has 0 bridgehead atoms. The highest BCUT2D eigenvalue weighted by Crippen LogP contribution is 2.42. The van der Waals surface area contributed by atoms with Crippen molar-refractivity contribution >= 4 is 40.9 Å². The maximum atomic E-state index is 13.7. The molecule has 0 saturated carbocycles. The van der Waals surface area contributed by atoms with E-state index >= 15 is 0 Å². The Kier molecular flexibility index (Phi) is 7.64. The SMILES string of the molecule is Cc1ccc(C)c(CN2C(=O)C(C(C)C(=O)NCCc3ccc(Cl)cc3)Sc3ccccc32)c1. The van der Waals surface area contributed by atoms with E-state index in [0.717, 1.165) is 32.8 Å². The Labute approximate surface area is 210 Å². The van der Waals surface area contributed by atoms with Crippen LogP contribution in [0.25, 0.3) is 0 Å². The number of aryl methyl sites for hydroxylation is 2. The van der Waals surface area contributed by atoms with Crippen LogP contribution in [0.4, 0.5) is 5.69 Å². The highest BCUT2D eigenvalue weighted by Gasteiger charge is 2.39. The Morgan fingerprint density at radius 3 is 2.59 bits per heavy atom. The highest BCUT2D eigenvalue weighted by molar-refractivity contribution is 8.01. The summed E-state index contributed by atoms with van der Waals surface area (Å²) in [7, 11) is 0. The minimum atomic E-state index is -0.476. The van der Waals surface area contributed by atoms with Gasteiger partial charge in [0.1, 0.15) is 5.25 Å². The number of hydrogen-bond acceptors (Lipinski definition) is 3. The topological polar surface area (TPSA) is 49.4 Å². The van der Waals surface area contributed by atoms with E-state index in [0.29, 0.717) is 24.5 Å². The predicted octanol–water partition coefficient (Wildman–Crippen LogP) is 5.96. The molecule has 4 rings (SSSR count). The van der Waals surface area contributed by atoms with Crippen LogP contribution >= 0.6 is 23.4 Å². The van der Waals surface area contributed by atoms with E-state index in [-0.39, 0.29) is 11.8 Å². The number of anilines is 1. The molecule has 3 aromatic rings. The van der Waals surface area contributed by atoms with Gasteiger partial charge in [-0.05, 0) is 61.2 Å². The molecule has 0 saturated heterocycles. The number of fused-ring (bicyclic) bond motifs is 1. The van der Waals surface area contributed by atoms with Crippen molar-refractivity contribution in [3.05, 3.63) is 94.0 Å². The van der Waals surface area contributed by atoms with Crippen LogP contribution in [0.5, 0.6) is 0 Å². The molecule has 4 nitrogen and oxygen atoms in total. The Morgan fingerprint density at radius 2 is 1.82 bits per heavy atom. The van der Waals surface area contributed by atoms with E-state index < -0.39 is 11.2 Å². The number of carbonyl (C=O) groups excluding carboxylic acids is 2. The number of carbonyl (C=O) groups is 2. The largest absolute Gasteiger partial charge is 0.355 e. The van der Waals surface area contributed by atoms with E-state index in [2.05, 4.69) is 37.4 Å². The number of nitrogens with zero attached hydrogens (tertiary/aromatic N) is 1. The number of rotatable bonds is 7. The Balaban J connectivity index is 1.49. The van der Waals surface area contributed by atoms with Crippen LogP contribution in [0.3, 0.4) is 0 Å². The van der Waals surface area contributed by atoms with Crippen molar-refractivity contribution in [2.24, 2.45) is 5.92 Å². The molecule has 34 heavy (non-hydrogen) atoms. The molecule has 1 heterocycles. The van der Waals surface area contributed by atoms with Crippen molar-refractivity contribution in [2.45, 2.75) is 43.9 Å². The molecule has 6 heteroatoms. The van der Waals surface area contributed by atoms with Gasteiger partial charge in [-0.1, -0.05) is 66.6 Å². The Bertz CT molecular complexity index is 1200. The second-order valence-corrected chi connectivity index (χ2v) is 10.4. The molecule has 1 N–H and O–H groups in total. The van der Waals surface area contributed by atoms with E-state index in [1.165, 1.54) is 11.8 Å². The van der Waals surface area contributed by atoms with E-state index in [1.807, 2.05) is 60.4 Å². The van der Waals surface area contributed by atoms with Crippen LogP contribution in [-0.4, -0.2) is 23.6 Å². The summed E-state index contributed by atoms with van der Waals surface area (Å²) in [5.74, 6) is -0.590. The Hall–Kier alpha value is -2.76. The van der Waals surface area contributed by atoms with Gasteiger partial charge in [-0.3, -0.25) is 9.59 Å². The van der Waals surface area contributed by atoms with Crippen molar-refractivity contribution in [3.8, 4) is 0 Å². The van der Waals surface area contributed by atoms with Crippen molar-refractivity contribution < 1.29 is 9.59 Å². The lowest BCUT2D eigenvalue weighted by atomic mass is 10.0. The summed E-state index contributed by atoms with van der Waals surface area (Å²) in [4.78, 5) is 29.5. The van der Waals surface area contributed by atoms with Gasteiger partial charge >= 0.3 is 0 Å².